The van der Waals surface area contributed by atoms with Crippen molar-refractivity contribution < 1.29 is 19.0 Å². The first kappa shape index (κ1) is 22.2. The summed E-state index contributed by atoms with van der Waals surface area (Å²) >= 11 is 0. The molecule has 0 amide bonds. The summed E-state index contributed by atoms with van der Waals surface area (Å²) in [6.45, 7) is 6.61. The number of anilines is 3. The highest BCUT2D eigenvalue weighted by molar-refractivity contribution is 5.64. The quantitative estimate of drug-likeness (QED) is 0.571. The summed E-state index contributed by atoms with van der Waals surface area (Å²) in [7, 11) is 0. The average Bonchev–Trinajstić information content (AvgIpc) is 3.34. The van der Waals surface area contributed by atoms with Crippen LogP contribution in [0.4, 0.5) is 17.5 Å². The fraction of sp³-hybridized carbons (Fsp3) is 0.545. The number of hydrogen-bond donors (Lipinski definition) is 1. The molecular weight excluding hydrogens is 412 g/mol. The average molecular weight is 443 g/mol. The van der Waals surface area contributed by atoms with E-state index in [2.05, 4.69) is 19.9 Å². The van der Waals surface area contributed by atoms with E-state index < -0.39 is 0 Å². The molecule has 2 saturated heterocycles. The molecule has 2 N–H and O–H groups in total. The molecule has 4 heterocycles. The first-order valence-corrected chi connectivity index (χ1v) is 11.0. The Hall–Kier alpha value is -2.98. The van der Waals surface area contributed by atoms with Gasteiger partial charge in [0.1, 0.15) is 30.3 Å². The number of ether oxygens (including phenoxy) is 3. The van der Waals surface area contributed by atoms with Crippen LogP contribution in [0, 0.1) is 6.92 Å². The zero-order valence-corrected chi connectivity index (χ0v) is 18.4. The van der Waals surface area contributed by atoms with Gasteiger partial charge < -0.3 is 34.5 Å². The topological polar surface area (TPSA) is 116 Å². The minimum atomic E-state index is 0.0473. The minimum absolute atomic E-state index is 0.0473. The Labute approximate surface area is 187 Å². The number of carbonyl (C=O) groups is 1. The number of nitrogens with zero attached hydrogens (tertiary/aromatic N) is 5. The molecule has 0 radical (unpaired) electrons. The molecule has 4 rings (SSSR count). The molecule has 2 fully saturated rings. The van der Waals surface area contributed by atoms with Gasteiger partial charge in [-0.1, -0.05) is 0 Å². The van der Waals surface area contributed by atoms with Crippen LogP contribution in [-0.2, 0) is 20.8 Å². The van der Waals surface area contributed by atoms with Gasteiger partial charge in [0.25, 0.3) is 0 Å². The van der Waals surface area contributed by atoms with Crippen molar-refractivity contribution in [1.29, 1.82) is 0 Å². The van der Waals surface area contributed by atoms with E-state index in [-0.39, 0.29) is 18.7 Å². The first-order valence-electron chi connectivity index (χ1n) is 11.0. The summed E-state index contributed by atoms with van der Waals surface area (Å²) in [5.74, 6) is 1.81. The number of carbonyl (C=O) groups excluding carboxylic acids is 1. The van der Waals surface area contributed by atoms with E-state index >= 15 is 0 Å². The van der Waals surface area contributed by atoms with Crippen LogP contribution in [0.2, 0.25) is 0 Å². The number of nitrogen functional groups attached to an aromatic ring is 1. The van der Waals surface area contributed by atoms with Gasteiger partial charge in [0.15, 0.2) is 0 Å². The third-order valence-corrected chi connectivity index (χ3v) is 5.67. The Morgan fingerprint density at radius 3 is 2.91 bits per heavy atom. The van der Waals surface area contributed by atoms with Crippen molar-refractivity contribution in [3.05, 3.63) is 29.5 Å². The lowest BCUT2D eigenvalue weighted by Crippen LogP contribution is -2.36. The molecule has 10 heteroatoms. The van der Waals surface area contributed by atoms with Gasteiger partial charge in [0, 0.05) is 38.0 Å². The summed E-state index contributed by atoms with van der Waals surface area (Å²) in [5, 5.41) is 0. The lowest BCUT2D eigenvalue weighted by atomic mass is 10.2. The smallest absolute Gasteiger partial charge is 0.320 e. The molecule has 10 nitrogen and oxygen atoms in total. The number of rotatable bonds is 9. The molecular formula is C22H30N6O4. The molecule has 0 spiro atoms. The zero-order valence-electron chi connectivity index (χ0n) is 18.4. The van der Waals surface area contributed by atoms with Crippen molar-refractivity contribution >= 4 is 23.7 Å². The van der Waals surface area contributed by atoms with Crippen LogP contribution in [0.15, 0.2) is 18.3 Å². The van der Waals surface area contributed by atoms with Crippen molar-refractivity contribution in [2.24, 2.45) is 0 Å². The van der Waals surface area contributed by atoms with Gasteiger partial charge in [0.2, 0.25) is 0 Å². The fourth-order valence-corrected chi connectivity index (χ4v) is 3.88. The van der Waals surface area contributed by atoms with Crippen LogP contribution in [-0.4, -0.2) is 73.4 Å². The number of aldehydes is 1. The summed E-state index contributed by atoms with van der Waals surface area (Å²) in [6.07, 6.45) is 4.68. The lowest BCUT2D eigenvalue weighted by molar-refractivity contribution is -0.106. The summed E-state index contributed by atoms with van der Waals surface area (Å²) in [5.41, 5.74) is 7.87. The van der Waals surface area contributed by atoms with Crippen molar-refractivity contribution in [1.82, 2.24) is 15.0 Å². The Morgan fingerprint density at radius 1 is 1.31 bits per heavy atom. The molecule has 2 aliphatic heterocycles. The number of nitrogens with two attached hydrogens (primary N) is 1. The van der Waals surface area contributed by atoms with E-state index in [1.807, 2.05) is 24.0 Å². The minimum Gasteiger partial charge on any atom is -0.461 e. The molecule has 0 bridgehead atoms. The van der Waals surface area contributed by atoms with Gasteiger partial charge in [0.05, 0.1) is 25.9 Å². The van der Waals surface area contributed by atoms with Gasteiger partial charge >= 0.3 is 6.01 Å². The van der Waals surface area contributed by atoms with Crippen molar-refractivity contribution in [2.45, 2.75) is 32.4 Å². The second-order valence-electron chi connectivity index (χ2n) is 7.95. The standard InChI is InChI=1S/C22H30N6O4/c1-16-20(23)25-22(32-15-18-3-2-10-31-18)26-21(16)28(6-9-29)14-17-4-5-24-19(13-17)27-7-11-30-12-8-27/h4-5,9,13,18H,2-3,6-8,10-12,14-15H2,1H3,(H2,23,25,26). The second-order valence-corrected chi connectivity index (χ2v) is 7.95. The maximum atomic E-state index is 11.5. The molecule has 0 aliphatic carbocycles. The predicted octanol–water partition coefficient (Wildman–Crippen LogP) is 1.36. The summed E-state index contributed by atoms with van der Waals surface area (Å²) < 4.78 is 16.8. The third-order valence-electron chi connectivity index (χ3n) is 5.67. The summed E-state index contributed by atoms with van der Waals surface area (Å²) in [4.78, 5) is 28.9. The van der Waals surface area contributed by atoms with Crippen LogP contribution in [0.3, 0.4) is 0 Å². The molecule has 2 aromatic heterocycles. The molecule has 32 heavy (non-hydrogen) atoms. The van der Waals surface area contributed by atoms with Crippen molar-refractivity contribution in [2.75, 3.05) is 61.6 Å². The van der Waals surface area contributed by atoms with E-state index in [0.717, 1.165) is 50.2 Å². The maximum absolute atomic E-state index is 11.5. The highest BCUT2D eigenvalue weighted by atomic mass is 16.5. The van der Waals surface area contributed by atoms with Crippen LogP contribution in [0.5, 0.6) is 6.01 Å². The fourth-order valence-electron chi connectivity index (χ4n) is 3.88. The van der Waals surface area contributed by atoms with E-state index in [1.54, 1.807) is 6.20 Å². The largest absolute Gasteiger partial charge is 0.461 e. The highest BCUT2D eigenvalue weighted by Crippen LogP contribution is 2.26. The molecule has 2 aliphatic rings. The van der Waals surface area contributed by atoms with Gasteiger partial charge in [-0.2, -0.15) is 9.97 Å². The molecule has 1 unspecified atom stereocenters. The zero-order chi connectivity index (χ0) is 22.3. The second kappa shape index (κ2) is 10.6. The molecule has 0 saturated carbocycles. The van der Waals surface area contributed by atoms with Gasteiger partial charge in [-0.25, -0.2) is 4.98 Å². The Bertz CT molecular complexity index is 915. The van der Waals surface area contributed by atoms with Gasteiger partial charge in [-0.15, -0.1) is 0 Å². The van der Waals surface area contributed by atoms with E-state index in [1.165, 1.54) is 0 Å². The Morgan fingerprint density at radius 2 is 2.16 bits per heavy atom. The Balaban J connectivity index is 1.53. The van der Waals surface area contributed by atoms with Crippen molar-refractivity contribution in [3.63, 3.8) is 0 Å². The monoisotopic (exact) mass is 442 g/mol. The normalized spacial score (nSPS) is 18.5. The number of pyridine rings is 1. The van der Waals surface area contributed by atoms with Crippen LogP contribution in [0.25, 0.3) is 0 Å². The summed E-state index contributed by atoms with van der Waals surface area (Å²) in [6, 6.07) is 4.17. The SMILES string of the molecule is Cc1c(N)nc(OCC2CCCO2)nc1N(CC=O)Cc1ccnc(N2CCOCC2)c1. The van der Waals surface area contributed by atoms with Gasteiger partial charge in [-0.3, -0.25) is 0 Å². The number of aromatic nitrogens is 3. The Kier molecular flexibility index (Phi) is 7.33. The van der Waals surface area contributed by atoms with E-state index in [0.29, 0.717) is 43.6 Å². The van der Waals surface area contributed by atoms with Crippen LogP contribution < -0.4 is 20.3 Å². The third kappa shape index (κ3) is 5.43. The lowest BCUT2D eigenvalue weighted by Gasteiger charge is -2.28. The van der Waals surface area contributed by atoms with E-state index in [4.69, 9.17) is 19.9 Å². The molecule has 1 atom stereocenters. The molecule has 2 aromatic rings. The number of hydrogen-bond acceptors (Lipinski definition) is 10. The maximum Gasteiger partial charge on any atom is 0.320 e. The van der Waals surface area contributed by atoms with Crippen LogP contribution in [0.1, 0.15) is 24.0 Å². The highest BCUT2D eigenvalue weighted by Gasteiger charge is 2.20. The van der Waals surface area contributed by atoms with Crippen LogP contribution >= 0.6 is 0 Å². The number of morpholine rings is 1. The first-order chi connectivity index (χ1) is 15.6. The van der Waals surface area contributed by atoms with Crippen molar-refractivity contribution in [3.8, 4) is 6.01 Å². The predicted molar refractivity (Wildman–Crippen MR) is 120 cm³/mol. The van der Waals surface area contributed by atoms with Gasteiger partial charge in [-0.05, 0) is 37.5 Å². The van der Waals surface area contributed by atoms with E-state index in [9.17, 15) is 4.79 Å². The molecule has 172 valence electrons. The molecule has 0 aromatic carbocycles.